The molecule has 0 aliphatic carbocycles. The van der Waals surface area contributed by atoms with Crippen molar-refractivity contribution in [2.24, 2.45) is 0 Å². The van der Waals surface area contributed by atoms with Crippen LogP contribution in [0.25, 0.3) is 0 Å². The maximum atomic E-state index is 12.4. The lowest BCUT2D eigenvalue weighted by atomic mass is 9.91. The third-order valence-electron chi connectivity index (χ3n) is 4.87. The Balaban J connectivity index is 1.48. The van der Waals surface area contributed by atoms with Crippen LogP contribution in [0.1, 0.15) is 40.2 Å². The second kappa shape index (κ2) is 10.1. The molecule has 2 aromatic carbocycles. The van der Waals surface area contributed by atoms with Gasteiger partial charge in [-0.2, -0.15) is 0 Å². The van der Waals surface area contributed by atoms with Crippen molar-refractivity contribution in [1.29, 1.82) is 0 Å². The normalized spacial score (nSPS) is 16.7. The van der Waals surface area contributed by atoms with Crippen molar-refractivity contribution in [3.05, 3.63) is 65.2 Å². The molecular formula is C22H28N2O3. The van der Waals surface area contributed by atoms with E-state index in [2.05, 4.69) is 22.8 Å². The third-order valence-corrected chi connectivity index (χ3v) is 4.87. The fraction of sp³-hybridized carbons (Fsp3) is 0.409. The molecule has 2 N–H and O–H groups in total. The van der Waals surface area contributed by atoms with Gasteiger partial charge in [-0.15, -0.1) is 0 Å². The molecule has 0 aromatic heterocycles. The molecule has 144 valence electrons. The summed E-state index contributed by atoms with van der Waals surface area (Å²) in [6.07, 6.45) is 2.42. The van der Waals surface area contributed by atoms with E-state index in [-0.39, 0.29) is 5.91 Å². The summed E-state index contributed by atoms with van der Waals surface area (Å²) < 4.78 is 10.5. The fourth-order valence-corrected chi connectivity index (χ4v) is 3.27. The average Bonchev–Trinajstić information content (AvgIpc) is 2.74. The standard InChI is InChI=1S/C22H28N2O3/c1-26-13-14-27-21-10-4-17(5-11-21)15-24-22(25)19-8-6-18(7-9-19)20-3-2-12-23-16-20/h4-11,20,23H,2-3,12-16H2,1H3,(H,24,25)/t20-/m1/s1. The Morgan fingerprint density at radius 2 is 1.89 bits per heavy atom. The summed E-state index contributed by atoms with van der Waals surface area (Å²) in [6, 6.07) is 15.7. The first-order valence-electron chi connectivity index (χ1n) is 9.56. The Bertz CT molecular complexity index is 707. The van der Waals surface area contributed by atoms with Crippen molar-refractivity contribution in [3.8, 4) is 5.75 Å². The second-order valence-electron chi connectivity index (χ2n) is 6.83. The van der Waals surface area contributed by atoms with Gasteiger partial charge in [0.1, 0.15) is 12.4 Å². The van der Waals surface area contributed by atoms with Gasteiger partial charge in [0.05, 0.1) is 6.61 Å². The summed E-state index contributed by atoms with van der Waals surface area (Å²) in [6.45, 7) is 3.72. The molecule has 1 saturated heterocycles. The van der Waals surface area contributed by atoms with Gasteiger partial charge in [0.25, 0.3) is 5.91 Å². The molecule has 1 aliphatic heterocycles. The number of nitrogens with one attached hydrogen (secondary N) is 2. The van der Waals surface area contributed by atoms with E-state index in [1.807, 2.05) is 36.4 Å². The number of ether oxygens (including phenoxy) is 2. The van der Waals surface area contributed by atoms with Crippen LogP contribution in [0, 0.1) is 0 Å². The molecule has 0 saturated carbocycles. The van der Waals surface area contributed by atoms with Gasteiger partial charge in [0, 0.05) is 25.8 Å². The molecule has 27 heavy (non-hydrogen) atoms. The SMILES string of the molecule is COCCOc1ccc(CNC(=O)c2ccc([C@@H]3CCCNC3)cc2)cc1. The first-order chi connectivity index (χ1) is 13.3. The first kappa shape index (κ1) is 19.4. The van der Waals surface area contributed by atoms with E-state index in [0.717, 1.165) is 24.4 Å². The van der Waals surface area contributed by atoms with Crippen LogP contribution in [-0.4, -0.2) is 39.3 Å². The molecule has 5 nitrogen and oxygen atoms in total. The molecule has 1 aliphatic rings. The van der Waals surface area contributed by atoms with Gasteiger partial charge in [0.2, 0.25) is 0 Å². The number of carbonyl (C=O) groups is 1. The van der Waals surface area contributed by atoms with Gasteiger partial charge < -0.3 is 20.1 Å². The van der Waals surface area contributed by atoms with E-state index >= 15 is 0 Å². The molecule has 3 rings (SSSR count). The fourth-order valence-electron chi connectivity index (χ4n) is 3.27. The first-order valence-corrected chi connectivity index (χ1v) is 9.56. The number of carbonyl (C=O) groups excluding carboxylic acids is 1. The van der Waals surface area contributed by atoms with Crippen molar-refractivity contribution < 1.29 is 14.3 Å². The van der Waals surface area contributed by atoms with Crippen LogP contribution in [0.15, 0.2) is 48.5 Å². The summed E-state index contributed by atoms with van der Waals surface area (Å²) in [7, 11) is 1.65. The Morgan fingerprint density at radius 3 is 2.56 bits per heavy atom. The molecule has 0 spiro atoms. The number of piperidine rings is 1. The zero-order chi connectivity index (χ0) is 18.9. The van der Waals surface area contributed by atoms with E-state index in [4.69, 9.17) is 9.47 Å². The van der Waals surface area contributed by atoms with Crippen LogP contribution in [0.2, 0.25) is 0 Å². The Kier molecular flexibility index (Phi) is 7.25. The van der Waals surface area contributed by atoms with Crippen LogP contribution in [0.4, 0.5) is 0 Å². The minimum absolute atomic E-state index is 0.0521. The molecule has 1 amide bonds. The summed E-state index contributed by atoms with van der Waals surface area (Å²) in [5, 5.41) is 6.41. The predicted molar refractivity (Wildman–Crippen MR) is 106 cm³/mol. The van der Waals surface area contributed by atoms with Gasteiger partial charge in [-0.1, -0.05) is 24.3 Å². The highest BCUT2D eigenvalue weighted by molar-refractivity contribution is 5.94. The van der Waals surface area contributed by atoms with Gasteiger partial charge in [0.15, 0.2) is 0 Å². The van der Waals surface area contributed by atoms with Gasteiger partial charge in [-0.3, -0.25) is 4.79 Å². The summed E-state index contributed by atoms with van der Waals surface area (Å²) in [5.41, 5.74) is 3.04. The summed E-state index contributed by atoms with van der Waals surface area (Å²) >= 11 is 0. The number of hydrogen-bond donors (Lipinski definition) is 2. The maximum Gasteiger partial charge on any atom is 0.251 e. The van der Waals surface area contributed by atoms with E-state index in [1.165, 1.54) is 18.4 Å². The Labute approximate surface area is 161 Å². The van der Waals surface area contributed by atoms with Crippen molar-refractivity contribution in [3.63, 3.8) is 0 Å². The van der Waals surface area contributed by atoms with Gasteiger partial charge in [-0.25, -0.2) is 0 Å². The minimum Gasteiger partial charge on any atom is -0.491 e. The quantitative estimate of drug-likeness (QED) is 0.703. The van der Waals surface area contributed by atoms with E-state index in [9.17, 15) is 4.79 Å². The zero-order valence-corrected chi connectivity index (χ0v) is 15.9. The van der Waals surface area contributed by atoms with Gasteiger partial charge >= 0.3 is 0 Å². The third kappa shape index (κ3) is 5.81. The summed E-state index contributed by atoms with van der Waals surface area (Å²) in [5.74, 6) is 1.30. The molecule has 1 heterocycles. The average molecular weight is 368 g/mol. The van der Waals surface area contributed by atoms with Crippen LogP contribution < -0.4 is 15.4 Å². The molecule has 5 heteroatoms. The van der Waals surface area contributed by atoms with E-state index in [1.54, 1.807) is 7.11 Å². The molecule has 0 unspecified atom stereocenters. The number of amides is 1. The lowest BCUT2D eigenvalue weighted by Crippen LogP contribution is -2.28. The molecule has 0 radical (unpaired) electrons. The van der Waals surface area contributed by atoms with Crippen molar-refractivity contribution in [2.75, 3.05) is 33.4 Å². The monoisotopic (exact) mass is 368 g/mol. The highest BCUT2D eigenvalue weighted by Gasteiger charge is 2.15. The molecular weight excluding hydrogens is 340 g/mol. The minimum atomic E-state index is -0.0521. The van der Waals surface area contributed by atoms with Crippen molar-refractivity contribution >= 4 is 5.91 Å². The van der Waals surface area contributed by atoms with Crippen LogP contribution >= 0.6 is 0 Å². The number of rotatable bonds is 8. The predicted octanol–water partition coefficient (Wildman–Crippen LogP) is 3.11. The highest BCUT2D eigenvalue weighted by atomic mass is 16.5. The number of hydrogen-bond acceptors (Lipinski definition) is 4. The van der Waals surface area contributed by atoms with E-state index < -0.39 is 0 Å². The lowest BCUT2D eigenvalue weighted by molar-refractivity contribution is 0.0951. The van der Waals surface area contributed by atoms with Crippen LogP contribution in [0.3, 0.4) is 0 Å². The lowest BCUT2D eigenvalue weighted by Gasteiger charge is -2.23. The largest absolute Gasteiger partial charge is 0.491 e. The zero-order valence-electron chi connectivity index (χ0n) is 15.9. The Hall–Kier alpha value is -2.37. The number of benzene rings is 2. The molecule has 0 bridgehead atoms. The second-order valence-corrected chi connectivity index (χ2v) is 6.83. The van der Waals surface area contributed by atoms with Crippen LogP contribution in [0.5, 0.6) is 5.75 Å². The Morgan fingerprint density at radius 1 is 1.11 bits per heavy atom. The van der Waals surface area contributed by atoms with Crippen molar-refractivity contribution in [1.82, 2.24) is 10.6 Å². The maximum absolute atomic E-state index is 12.4. The molecule has 2 aromatic rings. The van der Waals surface area contributed by atoms with E-state index in [0.29, 0.717) is 31.2 Å². The van der Waals surface area contributed by atoms with Crippen LogP contribution in [-0.2, 0) is 11.3 Å². The summed E-state index contributed by atoms with van der Waals surface area (Å²) in [4.78, 5) is 12.4. The topological polar surface area (TPSA) is 59.6 Å². The van der Waals surface area contributed by atoms with Crippen molar-refractivity contribution in [2.45, 2.75) is 25.3 Å². The molecule has 1 atom stereocenters. The highest BCUT2D eigenvalue weighted by Crippen LogP contribution is 2.23. The smallest absolute Gasteiger partial charge is 0.251 e. The van der Waals surface area contributed by atoms with Gasteiger partial charge in [-0.05, 0) is 60.7 Å². The number of methoxy groups -OCH3 is 1. The molecule has 1 fully saturated rings.